The lowest BCUT2D eigenvalue weighted by molar-refractivity contribution is 0.0925. The molecule has 5 rings (SSSR count). The molecule has 0 bridgehead atoms. The minimum absolute atomic E-state index is 0.0496. The number of benzene rings is 1. The van der Waals surface area contributed by atoms with Gasteiger partial charge in [0, 0.05) is 36.4 Å². The average Bonchev–Trinajstić information content (AvgIpc) is 3.35. The molecule has 1 aromatic carbocycles. The van der Waals surface area contributed by atoms with Crippen molar-refractivity contribution in [1.29, 1.82) is 0 Å². The van der Waals surface area contributed by atoms with E-state index in [1.807, 2.05) is 42.6 Å². The van der Waals surface area contributed by atoms with Crippen LogP contribution in [0.3, 0.4) is 0 Å². The third-order valence-electron chi connectivity index (χ3n) is 5.45. The lowest BCUT2D eigenvalue weighted by atomic mass is 9.98. The number of fused-ring (bicyclic) bond motifs is 2. The second-order valence-electron chi connectivity index (χ2n) is 7.62. The maximum atomic E-state index is 12.5. The lowest BCUT2D eigenvalue weighted by Crippen LogP contribution is -2.40. The van der Waals surface area contributed by atoms with Crippen molar-refractivity contribution in [3.8, 4) is 0 Å². The summed E-state index contributed by atoms with van der Waals surface area (Å²) in [6.45, 7) is 3.33. The summed E-state index contributed by atoms with van der Waals surface area (Å²) >= 11 is 0. The van der Waals surface area contributed by atoms with E-state index in [9.17, 15) is 4.79 Å². The van der Waals surface area contributed by atoms with Crippen molar-refractivity contribution in [3.05, 3.63) is 60.3 Å². The first-order chi connectivity index (χ1) is 14.2. The molecule has 0 unspecified atom stereocenters. The minimum atomic E-state index is -0.0496. The van der Waals surface area contributed by atoms with Gasteiger partial charge in [-0.25, -0.2) is 9.50 Å². The molecule has 0 aliphatic carbocycles. The number of aromatic nitrogens is 5. The Hall–Kier alpha value is -3.26. The van der Waals surface area contributed by atoms with Crippen LogP contribution in [0, 0.1) is 5.92 Å². The first kappa shape index (κ1) is 17.8. The number of amides is 1. The number of nitrogens with zero attached hydrogens (tertiary/aromatic N) is 5. The molecule has 1 amide bonds. The number of hydrogen-bond acceptors (Lipinski definition) is 5. The zero-order valence-electron chi connectivity index (χ0n) is 16.1. The average molecular weight is 389 g/mol. The SMILES string of the molecule is O=C(NC[C@H]1CCCN(Cc2nc3ncccn3n2)C1)c1cc2ccccc2[nH]1. The van der Waals surface area contributed by atoms with Crippen molar-refractivity contribution < 1.29 is 4.79 Å². The molecule has 1 saturated heterocycles. The predicted molar refractivity (Wildman–Crippen MR) is 109 cm³/mol. The van der Waals surface area contributed by atoms with Crippen LogP contribution in [-0.4, -0.2) is 55.0 Å². The van der Waals surface area contributed by atoms with Gasteiger partial charge < -0.3 is 10.3 Å². The van der Waals surface area contributed by atoms with Crippen molar-refractivity contribution in [2.75, 3.05) is 19.6 Å². The van der Waals surface area contributed by atoms with Gasteiger partial charge in [0.1, 0.15) is 5.69 Å². The maximum absolute atomic E-state index is 12.5. The number of H-pyrrole nitrogens is 1. The number of carbonyl (C=O) groups is 1. The molecule has 4 heterocycles. The Morgan fingerprint density at radius 2 is 2.21 bits per heavy atom. The van der Waals surface area contributed by atoms with Crippen molar-refractivity contribution in [2.45, 2.75) is 19.4 Å². The zero-order valence-corrected chi connectivity index (χ0v) is 16.1. The van der Waals surface area contributed by atoms with Gasteiger partial charge in [0.05, 0.1) is 6.54 Å². The van der Waals surface area contributed by atoms with Crippen LogP contribution in [0.2, 0.25) is 0 Å². The number of rotatable bonds is 5. The third-order valence-corrected chi connectivity index (χ3v) is 5.45. The van der Waals surface area contributed by atoms with Gasteiger partial charge in [-0.1, -0.05) is 18.2 Å². The summed E-state index contributed by atoms with van der Waals surface area (Å²) in [6.07, 6.45) is 5.81. The molecule has 8 heteroatoms. The highest BCUT2D eigenvalue weighted by Gasteiger charge is 2.22. The van der Waals surface area contributed by atoms with Gasteiger partial charge in [-0.05, 0) is 43.5 Å². The molecular formula is C21H23N7O. The van der Waals surface area contributed by atoms with Gasteiger partial charge in [-0.3, -0.25) is 9.69 Å². The minimum Gasteiger partial charge on any atom is -0.351 e. The van der Waals surface area contributed by atoms with E-state index in [1.54, 1.807) is 10.7 Å². The molecule has 8 nitrogen and oxygen atoms in total. The second kappa shape index (κ2) is 7.63. The van der Waals surface area contributed by atoms with Crippen LogP contribution in [0.1, 0.15) is 29.2 Å². The summed E-state index contributed by atoms with van der Waals surface area (Å²) in [4.78, 5) is 26.8. The summed E-state index contributed by atoms with van der Waals surface area (Å²) in [6, 6.07) is 11.7. The molecular weight excluding hydrogens is 366 g/mol. The topological polar surface area (TPSA) is 91.2 Å². The molecule has 148 valence electrons. The first-order valence-corrected chi connectivity index (χ1v) is 9.99. The van der Waals surface area contributed by atoms with Gasteiger partial charge in [-0.15, -0.1) is 5.10 Å². The normalized spacial score (nSPS) is 17.7. The maximum Gasteiger partial charge on any atom is 0.267 e. The van der Waals surface area contributed by atoms with E-state index in [4.69, 9.17) is 0 Å². The highest BCUT2D eigenvalue weighted by Crippen LogP contribution is 2.18. The van der Waals surface area contributed by atoms with Crippen LogP contribution in [0.25, 0.3) is 16.7 Å². The molecule has 2 N–H and O–H groups in total. The Balaban J connectivity index is 1.18. The van der Waals surface area contributed by atoms with E-state index in [0.717, 1.165) is 42.7 Å². The van der Waals surface area contributed by atoms with E-state index in [-0.39, 0.29) is 5.91 Å². The van der Waals surface area contributed by atoms with Crippen LogP contribution in [0.5, 0.6) is 0 Å². The number of aromatic amines is 1. The highest BCUT2D eigenvalue weighted by molar-refractivity contribution is 5.97. The van der Waals surface area contributed by atoms with Crippen molar-refractivity contribution in [3.63, 3.8) is 0 Å². The molecule has 3 aromatic heterocycles. The Labute approximate surface area is 168 Å². The van der Waals surface area contributed by atoms with Crippen molar-refractivity contribution in [2.24, 2.45) is 5.92 Å². The third kappa shape index (κ3) is 3.84. The Morgan fingerprint density at radius 1 is 1.28 bits per heavy atom. The largest absolute Gasteiger partial charge is 0.351 e. The smallest absolute Gasteiger partial charge is 0.267 e. The molecule has 1 aliphatic heterocycles. The molecule has 0 spiro atoms. The van der Waals surface area contributed by atoms with E-state index < -0.39 is 0 Å². The van der Waals surface area contributed by atoms with E-state index in [0.29, 0.717) is 30.5 Å². The fourth-order valence-corrected chi connectivity index (χ4v) is 4.03. The van der Waals surface area contributed by atoms with Crippen LogP contribution >= 0.6 is 0 Å². The van der Waals surface area contributed by atoms with E-state index >= 15 is 0 Å². The number of para-hydroxylation sites is 1. The van der Waals surface area contributed by atoms with Gasteiger partial charge >= 0.3 is 0 Å². The Morgan fingerprint density at radius 3 is 3.10 bits per heavy atom. The number of likely N-dealkylation sites (tertiary alicyclic amines) is 1. The number of piperidine rings is 1. The highest BCUT2D eigenvalue weighted by atomic mass is 16.1. The first-order valence-electron chi connectivity index (χ1n) is 9.99. The number of nitrogens with one attached hydrogen (secondary N) is 2. The summed E-state index contributed by atoms with van der Waals surface area (Å²) < 4.78 is 1.71. The fraction of sp³-hybridized carbons (Fsp3) is 0.333. The number of carbonyl (C=O) groups excluding carboxylic acids is 1. The fourth-order valence-electron chi connectivity index (χ4n) is 4.03. The number of hydrogen-bond donors (Lipinski definition) is 2. The summed E-state index contributed by atoms with van der Waals surface area (Å²) in [5, 5.41) is 8.64. The van der Waals surface area contributed by atoms with Crippen molar-refractivity contribution >= 4 is 22.6 Å². The zero-order chi connectivity index (χ0) is 19.6. The molecule has 1 fully saturated rings. The van der Waals surface area contributed by atoms with Gasteiger partial charge in [0.2, 0.25) is 0 Å². The predicted octanol–water partition coefficient (Wildman–Crippen LogP) is 2.25. The Kier molecular flexibility index (Phi) is 4.69. The molecule has 0 radical (unpaired) electrons. The van der Waals surface area contributed by atoms with E-state index in [2.05, 4.69) is 30.3 Å². The molecule has 0 saturated carbocycles. The lowest BCUT2D eigenvalue weighted by Gasteiger charge is -2.31. The van der Waals surface area contributed by atoms with Crippen LogP contribution in [0.4, 0.5) is 0 Å². The standard InChI is InChI=1S/C21H23N7O/c29-20(18-11-16-6-1-2-7-17(16)24-18)23-12-15-5-3-9-27(13-15)14-19-25-21-22-8-4-10-28(21)26-19/h1-2,4,6-8,10-11,15,24H,3,5,9,12-14H2,(H,23,29)/t15-/m1/s1. The monoisotopic (exact) mass is 389 g/mol. The van der Waals surface area contributed by atoms with Gasteiger partial charge in [0.15, 0.2) is 5.82 Å². The molecule has 4 aromatic rings. The van der Waals surface area contributed by atoms with Crippen LogP contribution in [-0.2, 0) is 6.54 Å². The van der Waals surface area contributed by atoms with Crippen LogP contribution < -0.4 is 5.32 Å². The summed E-state index contributed by atoms with van der Waals surface area (Å²) in [5.74, 6) is 1.78. The second-order valence-corrected chi connectivity index (χ2v) is 7.62. The Bertz CT molecular complexity index is 1080. The van der Waals surface area contributed by atoms with Crippen LogP contribution in [0.15, 0.2) is 48.8 Å². The van der Waals surface area contributed by atoms with Gasteiger partial charge in [0.25, 0.3) is 11.7 Å². The summed E-state index contributed by atoms with van der Waals surface area (Å²) in [7, 11) is 0. The summed E-state index contributed by atoms with van der Waals surface area (Å²) in [5.41, 5.74) is 1.59. The quantitative estimate of drug-likeness (QED) is 0.546. The van der Waals surface area contributed by atoms with Gasteiger partial charge in [-0.2, -0.15) is 4.98 Å². The molecule has 29 heavy (non-hydrogen) atoms. The van der Waals surface area contributed by atoms with E-state index in [1.165, 1.54) is 0 Å². The molecule has 1 atom stereocenters. The molecule has 1 aliphatic rings. The van der Waals surface area contributed by atoms with Crippen molar-refractivity contribution in [1.82, 2.24) is 34.8 Å².